The SMILES string of the molecule is Cc1ccc(S(=O)(=O)OCC2Cc3cc(C)cc(-c4ccccc4)c3O2)cc1. The molecule has 0 amide bonds. The minimum absolute atomic E-state index is 0.0157. The summed E-state index contributed by atoms with van der Waals surface area (Å²) < 4.78 is 36.3. The fraction of sp³-hybridized carbons (Fsp3) is 0.217. The van der Waals surface area contributed by atoms with Gasteiger partial charge in [-0.05, 0) is 48.7 Å². The monoisotopic (exact) mass is 394 g/mol. The molecule has 0 saturated carbocycles. The van der Waals surface area contributed by atoms with Gasteiger partial charge in [0.25, 0.3) is 10.1 Å². The van der Waals surface area contributed by atoms with Crippen LogP contribution in [0.25, 0.3) is 11.1 Å². The fourth-order valence-electron chi connectivity index (χ4n) is 3.46. The molecule has 4 nitrogen and oxygen atoms in total. The zero-order chi connectivity index (χ0) is 19.7. The first-order valence-corrected chi connectivity index (χ1v) is 10.6. The van der Waals surface area contributed by atoms with E-state index in [4.69, 9.17) is 8.92 Å². The molecule has 1 unspecified atom stereocenters. The van der Waals surface area contributed by atoms with E-state index in [1.165, 1.54) is 0 Å². The van der Waals surface area contributed by atoms with Gasteiger partial charge in [0.2, 0.25) is 0 Å². The predicted molar refractivity (Wildman–Crippen MR) is 109 cm³/mol. The Bertz CT molecular complexity index is 1090. The van der Waals surface area contributed by atoms with Gasteiger partial charge in [-0.1, -0.05) is 54.1 Å². The average Bonchev–Trinajstić information content (AvgIpc) is 3.10. The van der Waals surface area contributed by atoms with Crippen LogP contribution in [0.5, 0.6) is 5.75 Å². The third-order valence-corrected chi connectivity index (χ3v) is 6.14. The van der Waals surface area contributed by atoms with E-state index in [9.17, 15) is 8.42 Å². The van der Waals surface area contributed by atoms with Crippen LogP contribution < -0.4 is 4.74 Å². The van der Waals surface area contributed by atoms with Gasteiger partial charge in [0.1, 0.15) is 18.5 Å². The summed E-state index contributed by atoms with van der Waals surface area (Å²) in [5.74, 6) is 0.818. The van der Waals surface area contributed by atoms with Crippen LogP contribution in [0.3, 0.4) is 0 Å². The van der Waals surface area contributed by atoms with Crippen molar-refractivity contribution >= 4 is 10.1 Å². The van der Waals surface area contributed by atoms with Crippen molar-refractivity contribution < 1.29 is 17.3 Å². The highest BCUT2D eigenvalue weighted by Crippen LogP contribution is 2.40. The van der Waals surface area contributed by atoms with Gasteiger partial charge in [0, 0.05) is 12.0 Å². The molecule has 1 heterocycles. The van der Waals surface area contributed by atoms with Crippen molar-refractivity contribution in [1.82, 2.24) is 0 Å². The van der Waals surface area contributed by atoms with Crippen molar-refractivity contribution in [3.05, 3.63) is 83.4 Å². The van der Waals surface area contributed by atoms with Gasteiger partial charge in [-0.2, -0.15) is 8.42 Å². The Kier molecular flexibility index (Phi) is 4.96. The predicted octanol–water partition coefficient (Wildman–Crippen LogP) is 4.68. The zero-order valence-electron chi connectivity index (χ0n) is 15.9. The molecular formula is C23H22O4S. The quantitative estimate of drug-likeness (QED) is 0.590. The van der Waals surface area contributed by atoms with Crippen molar-refractivity contribution in [2.24, 2.45) is 0 Å². The number of ether oxygens (including phenoxy) is 1. The molecule has 0 N–H and O–H groups in total. The zero-order valence-corrected chi connectivity index (χ0v) is 16.7. The summed E-state index contributed by atoms with van der Waals surface area (Å²) in [6.45, 7) is 3.95. The van der Waals surface area contributed by atoms with Gasteiger partial charge in [-0.15, -0.1) is 0 Å². The highest BCUT2D eigenvalue weighted by atomic mass is 32.2. The van der Waals surface area contributed by atoms with Gasteiger partial charge in [0.05, 0.1) is 4.90 Å². The molecule has 1 aliphatic rings. The lowest BCUT2D eigenvalue weighted by Gasteiger charge is -2.13. The third-order valence-electron chi connectivity index (χ3n) is 4.85. The van der Waals surface area contributed by atoms with Crippen LogP contribution in [0.1, 0.15) is 16.7 Å². The molecule has 4 rings (SSSR count). The van der Waals surface area contributed by atoms with E-state index in [0.717, 1.165) is 33.6 Å². The molecule has 5 heteroatoms. The molecule has 1 aliphatic heterocycles. The van der Waals surface area contributed by atoms with Gasteiger partial charge in [-0.25, -0.2) is 0 Å². The third kappa shape index (κ3) is 3.81. The maximum atomic E-state index is 12.4. The summed E-state index contributed by atoms with van der Waals surface area (Å²) in [7, 11) is -3.80. The van der Waals surface area contributed by atoms with Gasteiger partial charge in [0.15, 0.2) is 0 Å². The summed E-state index contributed by atoms with van der Waals surface area (Å²) in [6.07, 6.45) is 0.291. The first-order valence-electron chi connectivity index (χ1n) is 9.24. The van der Waals surface area contributed by atoms with Crippen LogP contribution in [-0.4, -0.2) is 21.1 Å². The van der Waals surface area contributed by atoms with Crippen LogP contribution >= 0.6 is 0 Å². The number of benzene rings is 3. The van der Waals surface area contributed by atoms with E-state index < -0.39 is 10.1 Å². The molecular weight excluding hydrogens is 372 g/mol. The van der Waals surface area contributed by atoms with Crippen molar-refractivity contribution in [3.8, 4) is 16.9 Å². The number of aryl methyl sites for hydroxylation is 2. The molecule has 0 aliphatic carbocycles. The van der Waals surface area contributed by atoms with Crippen molar-refractivity contribution in [3.63, 3.8) is 0 Å². The molecule has 0 saturated heterocycles. The summed E-state index contributed by atoms with van der Waals surface area (Å²) >= 11 is 0. The Morgan fingerprint density at radius 3 is 2.39 bits per heavy atom. The maximum absolute atomic E-state index is 12.4. The number of rotatable bonds is 5. The molecule has 3 aromatic rings. The molecule has 0 radical (unpaired) electrons. The smallest absolute Gasteiger partial charge is 0.297 e. The minimum atomic E-state index is -3.80. The van der Waals surface area contributed by atoms with Gasteiger partial charge in [-0.3, -0.25) is 4.18 Å². The Labute approximate surface area is 165 Å². The Hall–Kier alpha value is -2.63. The van der Waals surface area contributed by atoms with Crippen LogP contribution in [0.2, 0.25) is 0 Å². The molecule has 28 heavy (non-hydrogen) atoms. The normalized spacial score (nSPS) is 15.9. The number of fused-ring (bicyclic) bond motifs is 1. The van der Waals surface area contributed by atoms with Crippen molar-refractivity contribution in [1.29, 1.82) is 0 Å². The van der Waals surface area contributed by atoms with E-state index in [2.05, 4.69) is 19.1 Å². The summed E-state index contributed by atoms with van der Waals surface area (Å²) in [5, 5.41) is 0. The highest BCUT2D eigenvalue weighted by Gasteiger charge is 2.28. The Morgan fingerprint density at radius 2 is 1.68 bits per heavy atom. The summed E-state index contributed by atoms with van der Waals surface area (Å²) in [4.78, 5) is 0.162. The van der Waals surface area contributed by atoms with Crippen molar-refractivity contribution in [2.45, 2.75) is 31.3 Å². The second kappa shape index (κ2) is 7.41. The van der Waals surface area contributed by atoms with Crippen LogP contribution in [0.15, 0.2) is 71.6 Å². The van der Waals surface area contributed by atoms with E-state index in [-0.39, 0.29) is 17.6 Å². The maximum Gasteiger partial charge on any atom is 0.297 e. The lowest BCUT2D eigenvalue weighted by molar-refractivity contribution is 0.152. The first-order chi connectivity index (χ1) is 13.4. The van der Waals surface area contributed by atoms with E-state index in [0.29, 0.717) is 6.42 Å². The second-order valence-electron chi connectivity index (χ2n) is 7.16. The molecule has 1 atom stereocenters. The van der Waals surface area contributed by atoms with Crippen LogP contribution in [0.4, 0.5) is 0 Å². The number of hydrogen-bond acceptors (Lipinski definition) is 4. The second-order valence-corrected chi connectivity index (χ2v) is 8.78. The Balaban J connectivity index is 1.52. The largest absolute Gasteiger partial charge is 0.487 e. The first kappa shape index (κ1) is 18.7. The fourth-order valence-corrected chi connectivity index (χ4v) is 4.39. The average molecular weight is 394 g/mol. The van der Waals surface area contributed by atoms with Gasteiger partial charge < -0.3 is 4.74 Å². The molecule has 0 spiro atoms. The van der Waals surface area contributed by atoms with E-state index >= 15 is 0 Å². The molecule has 0 aromatic heterocycles. The number of hydrogen-bond donors (Lipinski definition) is 0. The van der Waals surface area contributed by atoms with Crippen LogP contribution in [-0.2, 0) is 20.7 Å². The molecule has 3 aromatic carbocycles. The molecule has 0 bridgehead atoms. The molecule has 144 valence electrons. The Morgan fingerprint density at radius 1 is 0.964 bits per heavy atom. The lowest BCUT2D eigenvalue weighted by Crippen LogP contribution is -2.23. The van der Waals surface area contributed by atoms with E-state index in [1.807, 2.05) is 37.3 Å². The van der Waals surface area contributed by atoms with E-state index in [1.54, 1.807) is 24.3 Å². The highest BCUT2D eigenvalue weighted by molar-refractivity contribution is 7.86. The molecule has 0 fully saturated rings. The van der Waals surface area contributed by atoms with Gasteiger partial charge >= 0.3 is 0 Å². The van der Waals surface area contributed by atoms with Crippen LogP contribution in [0, 0.1) is 13.8 Å². The standard InChI is InChI=1S/C23H22O4S/c1-16-8-10-21(11-9-16)28(24,25)26-15-20-14-19-12-17(2)13-22(23(19)27-20)18-6-4-3-5-7-18/h3-13,20H,14-15H2,1-2H3. The lowest BCUT2D eigenvalue weighted by atomic mass is 9.98. The minimum Gasteiger partial charge on any atom is -0.487 e. The van der Waals surface area contributed by atoms with Crippen molar-refractivity contribution in [2.75, 3.05) is 6.61 Å². The summed E-state index contributed by atoms with van der Waals surface area (Å²) in [5.41, 5.74) is 5.34. The topological polar surface area (TPSA) is 52.6 Å². The summed E-state index contributed by atoms with van der Waals surface area (Å²) in [6, 6.07) is 20.9.